The van der Waals surface area contributed by atoms with Crippen molar-refractivity contribution in [1.82, 2.24) is 0 Å². The number of ether oxygens (including phenoxy) is 2. The minimum Gasteiger partial charge on any atom is -0.465 e. The third kappa shape index (κ3) is 3.66. The summed E-state index contributed by atoms with van der Waals surface area (Å²) in [6.45, 7) is 1.84. The van der Waals surface area contributed by atoms with Gasteiger partial charge in [-0.15, -0.1) is 0 Å². The van der Waals surface area contributed by atoms with Crippen LogP contribution >= 0.6 is 35.1 Å². The van der Waals surface area contributed by atoms with Gasteiger partial charge in [0.15, 0.2) is 0 Å². The number of esters is 2. The smallest absolute Gasteiger partial charge is 0.365 e. The van der Waals surface area contributed by atoms with Crippen molar-refractivity contribution in [3.63, 3.8) is 0 Å². The molecule has 0 saturated carbocycles. The van der Waals surface area contributed by atoms with E-state index in [2.05, 4.69) is 5.10 Å². The van der Waals surface area contributed by atoms with Gasteiger partial charge < -0.3 is 14.4 Å². The highest BCUT2D eigenvalue weighted by molar-refractivity contribution is 8.29. The highest BCUT2D eigenvalue weighted by Gasteiger charge is 2.58. The van der Waals surface area contributed by atoms with E-state index in [0.717, 1.165) is 5.69 Å². The Morgan fingerprint density at radius 2 is 1.65 bits per heavy atom. The Kier molecular flexibility index (Phi) is 5.92. The summed E-state index contributed by atoms with van der Waals surface area (Å²) in [5, 5.41) is 6.94. The van der Waals surface area contributed by atoms with Gasteiger partial charge in [0.2, 0.25) is 9.37 Å². The lowest BCUT2D eigenvalue weighted by Gasteiger charge is -2.41. The van der Waals surface area contributed by atoms with Crippen molar-refractivity contribution in [2.24, 2.45) is 5.10 Å². The number of allylic oxidation sites excluding steroid dienone is 1. The van der Waals surface area contributed by atoms with E-state index in [1.54, 1.807) is 23.2 Å². The Hall–Kier alpha value is -2.62. The van der Waals surface area contributed by atoms with Gasteiger partial charge in [-0.2, -0.15) is 5.10 Å². The number of methoxy groups -OCH3 is 2. The first-order valence-corrected chi connectivity index (χ1v) is 11.2. The Balaban J connectivity index is 1.92. The summed E-state index contributed by atoms with van der Waals surface area (Å²) in [6.07, 6.45) is 0. The quantitative estimate of drug-likeness (QED) is 0.592. The van der Waals surface area contributed by atoms with Crippen molar-refractivity contribution in [3.8, 4) is 0 Å². The number of hydrogen-bond donors (Lipinski definition) is 0. The summed E-state index contributed by atoms with van der Waals surface area (Å²) in [7, 11) is 2.65. The molecule has 31 heavy (non-hydrogen) atoms. The van der Waals surface area contributed by atoms with E-state index in [0.29, 0.717) is 21.3 Å². The summed E-state index contributed by atoms with van der Waals surface area (Å²) in [6, 6.07) is 16.7. The Bertz CT molecular complexity index is 1110. The summed E-state index contributed by atoms with van der Waals surface area (Å²) < 4.78 is 8.92. The topological polar surface area (TPSA) is 71.4 Å². The van der Waals surface area contributed by atoms with E-state index in [9.17, 15) is 9.59 Å². The lowest BCUT2D eigenvalue weighted by atomic mass is 10.2. The number of carbonyl (C=O) groups is 2. The second kappa shape index (κ2) is 8.49. The largest absolute Gasteiger partial charge is 0.465 e. The summed E-state index contributed by atoms with van der Waals surface area (Å²) >= 11 is 8.71. The fourth-order valence-corrected chi connectivity index (χ4v) is 6.51. The van der Waals surface area contributed by atoms with E-state index in [4.69, 9.17) is 21.1 Å². The number of thioether (sulfide) groups is 2. The standard InChI is InChI=1S/C21H18ClN3O4S2/c1-13-17(19(26)28-2)30-21(24(13)15-9-5-4-6-10-15)25(16-11-7-8-14(22)12-16)23-18(31-21)20(27)29-3/h4-12H,1-3H3/t21-/m0/s1. The molecule has 4 rings (SSSR count). The van der Waals surface area contributed by atoms with Crippen molar-refractivity contribution in [3.05, 3.63) is 70.2 Å². The van der Waals surface area contributed by atoms with Crippen molar-refractivity contribution in [2.75, 3.05) is 24.1 Å². The zero-order valence-corrected chi connectivity index (χ0v) is 19.3. The van der Waals surface area contributed by atoms with Gasteiger partial charge in [0.1, 0.15) is 4.91 Å². The number of carbonyl (C=O) groups excluding carboxylic acids is 2. The van der Waals surface area contributed by atoms with E-state index in [-0.39, 0.29) is 5.04 Å². The number of hydrazone groups is 1. The van der Waals surface area contributed by atoms with E-state index in [1.807, 2.05) is 48.2 Å². The van der Waals surface area contributed by atoms with Crippen LogP contribution in [0.3, 0.4) is 0 Å². The Morgan fingerprint density at radius 1 is 0.968 bits per heavy atom. The molecule has 1 spiro atoms. The van der Waals surface area contributed by atoms with Gasteiger partial charge in [-0.25, -0.2) is 14.6 Å². The number of hydrogen-bond acceptors (Lipinski definition) is 9. The van der Waals surface area contributed by atoms with Gasteiger partial charge in [-0.05, 0) is 49.0 Å². The number of para-hydroxylation sites is 1. The number of halogens is 1. The molecule has 2 aromatic rings. The van der Waals surface area contributed by atoms with Crippen LogP contribution < -0.4 is 9.91 Å². The van der Waals surface area contributed by atoms with Crippen LogP contribution in [0.25, 0.3) is 0 Å². The number of nitrogens with zero attached hydrogens (tertiary/aromatic N) is 3. The molecule has 2 heterocycles. The summed E-state index contributed by atoms with van der Waals surface area (Å²) in [4.78, 5) is 27.4. The minimum absolute atomic E-state index is 0.162. The monoisotopic (exact) mass is 475 g/mol. The first-order chi connectivity index (χ1) is 14.9. The van der Waals surface area contributed by atoms with Crippen molar-refractivity contribution >= 4 is 63.5 Å². The molecule has 0 fully saturated rings. The van der Waals surface area contributed by atoms with Gasteiger partial charge in [0.05, 0.1) is 19.9 Å². The molecule has 0 amide bonds. The summed E-state index contributed by atoms with van der Waals surface area (Å²) in [5.74, 6) is -1.02. The molecule has 0 radical (unpaired) electrons. The number of anilines is 2. The Morgan fingerprint density at radius 3 is 2.29 bits per heavy atom. The normalized spacial score (nSPS) is 20.3. The second-order valence-corrected chi connectivity index (χ2v) is 9.55. The fraction of sp³-hybridized carbons (Fsp3) is 0.190. The van der Waals surface area contributed by atoms with Crippen LogP contribution in [0.1, 0.15) is 6.92 Å². The SMILES string of the molecule is COC(=O)C1=NN(c2cccc(Cl)c2)[C@]2(S1)SC(C(=O)OC)=C(C)N2c1ccccc1. The molecule has 0 aliphatic carbocycles. The van der Waals surface area contributed by atoms with Crippen molar-refractivity contribution < 1.29 is 19.1 Å². The predicted octanol–water partition coefficient (Wildman–Crippen LogP) is 4.65. The first kappa shape index (κ1) is 21.6. The van der Waals surface area contributed by atoms with Gasteiger partial charge in [-0.1, -0.05) is 47.6 Å². The van der Waals surface area contributed by atoms with Crippen LogP contribution in [0.5, 0.6) is 0 Å². The first-order valence-electron chi connectivity index (χ1n) is 9.16. The summed E-state index contributed by atoms with van der Waals surface area (Å²) in [5.41, 5.74) is 2.17. The molecular weight excluding hydrogens is 458 g/mol. The molecule has 0 N–H and O–H groups in total. The van der Waals surface area contributed by atoms with Crippen LogP contribution in [0.15, 0.2) is 70.3 Å². The molecule has 0 saturated heterocycles. The molecule has 2 aliphatic heterocycles. The maximum atomic E-state index is 12.6. The van der Waals surface area contributed by atoms with Crippen molar-refractivity contribution in [2.45, 2.75) is 11.3 Å². The van der Waals surface area contributed by atoms with Crippen LogP contribution in [-0.4, -0.2) is 35.5 Å². The second-order valence-electron chi connectivity index (χ2n) is 6.52. The molecule has 10 heteroatoms. The zero-order chi connectivity index (χ0) is 22.2. The van der Waals surface area contributed by atoms with Crippen LogP contribution in [0.4, 0.5) is 11.4 Å². The van der Waals surface area contributed by atoms with E-state index >= 15 is 0 Å². The highest BCUT2D eigenvalue weighted by Crippen LogP contribution is 2.60. The van der Waals surface area contributed by atoms with E-state index < -0.39 is 16.3 Å². The average molecular weight is 476 g/mol. The number of rotatable bonds is 4. The lowest BCUT2D eigenvalue weighted by Crippen LogP contribution is -2.49. The third-order valence-electron chi connectivity index (χ3n) is 4.67. The highest BCUT2D eigenvalue weighted by atomic mass is 35.5. The Labute approximate surface area is 193 Å². The third-order valence-corrected chi connectivity index (χ3v) is 7.75. The molecule has 0 aromatic heterocycles. The van der Waals surface area contributed by atoms with Gasteiger partial charge in [-0.3, -0.25) is 0 Å². The number of benzene rings is 2. The van der Waals surface area contributed by atoms with Crippen LogP contribution in [-0.2, 0) is 19.1 Å². The lowest BCUT2D eigenvalue weighted by molar-refractivity contribution is -0.135. The zero-order valence-electron chi connectivity index (χ0n) is 16.9. The molecule has 0 unspecified atom stereocenters. The average Bonchev–Trinajstić information content (AvgIpc) is 3.31. The van der Waals surface area contributed by atoms with Gasteiger partial charge in [0.25, 0.3) is 0 Å². The molecule has 2 aliphatic rings. The van der Waals surface area contributed by atoms with Crippen LogP contribution in [0, 0.1) is 0 Å². The van der Waals surface area contributed by atoms with Gasteiger partial charge in [0, 0.05) is 16.4 Å². The van der Waals surface area contributed by atoms with E-state index in [1.165, 1.54) is 37.7 Å². The fourth-order valence-electron chi connectivity index (χ4n) is 3.33. The van der Waals surface area contributed by atoms with Crippen molar-refractivity contribution in [1.29, 1.82) is 0 Å². The van der Waals surface area contributed by atoms with Crippen LogP contribution in [0.2, 0.25) is 5.02 Å². The molecule has 160 valence electrons. The molecule has 2 aromatic carbocycles. The van der Waals surface area contributed by atoms with Gasteiger partial charge >= 0.3 is 11.9 Å². The minimum atomic E-state index is -1.04. The molecule has 0 bridgehead atoms. The maximum Gasteiger partial charge on any atom is 0.365 e. The maximum absolute atomic E-state index is 12.6. The molecule has 1 atom stereocenters. The molecule has 7 nitrogen and oxygen atoms in total. The molecular formula is C21H18ClN3O4S2. The predicted molar refractivity (Wildman–Crippen MR) is 125 cm³/mol.